The number of hydrogen-bond donors (Lipinski definition) is 2. The minimum absolute atomic E-state index is 0.119. The maximum atomic E-state index is 12.2. The molecule has 0 saturated heterocycles. The zero-order valence-corrected chi connectivity index (χ0v) is 13.1. The highest BCUT2D eigenvalue weighted by Gasteiger charge is 2.14. The molecule has 22 heavy (non-hydrogen) atoms. The first kappa shape index (κ1) is 16.1. The van der Waals surface area contributed by atoms with Gasteiger partial charge in [0.15, 0.2) is 0 Å². The van der Waals surface area contributed by atoms with E-state index < -0.39 is 10.0 Å². The fourth-order valence-electron chi connectivity index (χ4n) is 1.92. The molecule has 0 aliphatic heterocycles. The second-order valence-electron chi connectivity index (χ2n) is 4.71. The van der Waals surface area contributed by atoms with Crippen molar-refractivity contribution in [1.29, 1.82) is 0 Å². The number of amides is 1. The fourth-order valence-corrected chi connectivity index (χ4v) is 2.65. The first-order valence-corrected chi connectivity index (χ1v) is 8.17. The highest BCUT2D eigenvalue weighted by molar-refractivity contribution is 7.89. The summed E-state index contributed by atoms with van der Waals surface area (Å²) in [6.07, 6.45) is 3.32. The van der Waals surface area contributed by atoms with Crippen LogP contribution in [-0.2, 0) is 10.0 Å². The monoisotopic (exact) mass is 319 g/mol. The summed E-state index contributed by atoms with van der Waals surface area (Å²) in [5, 5.41) is 2.85. The summed E-state index contributed by atoms with van der Waals surface area (Å²) in [6, 6.07) is 9.25. The minimum atomic E-state index is -3.50. The molecule has 1 atom stereocenters. The van der Waals surface area contributed by atoms with E-state index in [-0.39, 0.29) is 16.8 Å². The molecule has 0 aliphatic carbocycles. The quantitative estimate of drug-likeness (QED) is 0.874. The van der Waals surface area contributed by atoms with Crippen LogP contribution in [0.3, 0.4) is 0 Å². The molecule has 1 unspecified atom stereocenters. The van der Waals surface area contributed by atoms with Crippen LogP contribution in [0.5, 0.6) is 0 Å². The maximum absolute atomic E-state index is 12.2. The Bertz CT molecular complexity index is 743. The summed E-state index contributed by atoms with van der Waals surface area (Å²) in [5.41, 5.74) is 1.34. The Morgan fingerprint density at radius 2 is 1.68 bits per heavy atom. The number of sulfonamides is 1. The van der Waals surface area contributed by atoms with Crippen molar-refractivity contribution in [3.63, 3.8) is 0 Å². The topological polar surface area (TPSA) is 88.2 Å². The van der Waals surface area contributed by atoms with Gasteiger partial charge < -0.3 is 5.32 Å². The average Bonchev–Trinajstić information content (AvgIpc) is 2.55. The molecule has 1 aromatic heterocycles. The van der Waals surface area contributed by atoms with Gasteiger partial charge in [-0.15, -0.1) is 0 Å². The summed E-state index contributed by atoms with van der Waals surface area (Å²) in [6.45, 7) is 1.87. The van der Waals surface area contributed by atoms with Gasteiger partial charge in [-0.2, -0.15) is 0 Å². The normalized spacial score (nSPS) is 12.6. The lowest BCUT2D eigenvalue weighted by Crippen LogP contribution is -2.26. The van der Waals surface area contributed by atoms with Crippen LogP contribution in [0.15, 0.2) is 53.7 Å². The zero-order valence-electron chi connectivity index (χ0n) is 12.3. The third kappa shape index (κ3) is 3.69. The van der Waals surface area contributed by atoms with Crippen LogP contribution in [0.25, 0.3) is 0 Å². The Balaban J connectivity index is 2.11. The molecule has 6 nitrogen and oxygen atoms in total. The lowest BCUT2D eigenvalue weighted by Gasteiger charge is -2.14. The number of nitrogens with one attached hydrogen (secondary N) is 2. The summed E-state index contributed by atoms with van der Waals surface area (Å²) < 4.78 is 25.5. The summed E-state index contributed by atoms with van der Waals surface area (Å²) in [5.74, 6) is -0.266. The van der Waals surface area contributed by atoms with Crippen molar-refractivity contribution in [2.45, 2.75) is 17.9 Å². The summed E-state index contributed by atoms with van der Waals surface area (Å²) >= 11 is 0. The predicted molar refractivity (Wildman–Crippen MR) is 82.8 cm³/mol. The molecule has 7 heteroatoms. The molecule has 2 aromatic rings. The third-order valence-electron chi connectivity index (χ3n) is 3.25. The number of pyridine rings is 1. The van der Waals surface area contributed by atoms with Crippen molar-refractivity contribution in [3.8, 4) is 0 Å². The van der Waals surface area contributed by atoms with E-state index in [4.69, 9.17) is 0 Å². The van der Waals surface area contributed by atoms with Gasteiger partial charge in [0.25, 0.3) is 5.91 Å². The van der Waals surface area contributed by atoms with Crippen molar-refractivity contribution in [2.75, 3.05) is 7.05 Å². The van der Waals surface area contributed by atoms with E-state index in [0.29, 0.717) is 5.56 Å². The maximum Gasteiger partial charge on any atom is 0.251 e. The molecule has 0 radical (unpaired) electrons. The number of nitrogens with zero attached hydrogens (tertiary/aromatic N) is 1. The molecule has 1 amide bonds. The van der Waals surface area contributed by atoms with Crippen molar-refractivity contribution in [1.82, 2.24) is 15.0 Å². The number of benzene rings is 1. The highest BCUT2D eigenvalue weighted by atomic mass is 32.2. The van der Waals surface area contributed by atoms with Gasteiger partial charge in [-0.25, -0.2) is 13.1 Å². The summed E-state index contributed by atoms with van der Waals surface area (Å²) in [7, 11) is -2.16. The van der Waals surface area contributed by atoms with Crippen LogP contribution in [0.2, 0.25) is 0 Å². The first-order chi connectivity index (χ1) is 10.4. The van der Waals surface area contributed by atoms with Crippen molar-refractivity contribution in [3.05, 3.63) is 59.9 Å². The number of rotatable bonds is 5. The van der Waals surface area contributed by atoms with Crippen molar-refractivity contribution >= 4 is 15.9 Å². The number of carbonyl (C=O) groups excluding carboxylic acids is 1. The van der Waals surface area contributed by atoms with Crippen LogP contribution < -0.4 is 10.0 Å². The van der Waals surface area contributed by atoms with Crippen molar-refractivity contribution in [2.24, 2.45) is 0 Å². The van der Waals surface area contributed by atoms with E-state index in [1.165, 1.54) is 31.3 Å². The first-order valence-electron chi connectivity index (χ1n) is 6.68. The van der Waals surface area contributed by atoms with E-state index in [0.717, 1.165) is 5.56 Å². The lowest BCUT2D eigenvalue weighted by molar-refractivity contribution is 0.0939. The standard InChI is InChI=1S/C15H17N3O3S/c1-11(12-7-9-17-10-8-12)18-15(19)13-3-5-14(6-4-13)22(20,21)16-2/h3-11,16H,1-2H3,(H,18,19). The average molecular weight is 319 g/mol. The predicted octanol–water partition coefficient (Wildman–Crippen LogP) is 1.48. The van der Waals surface area contributed by atoms with Gasteiger partial charge in [-0.3, -0.25) is 9.78 Å². The van der Waals surface area contributed by atoms with Crippen LogP contribution >= 0.6 is 0 Å². The van der Waals surface area contributed by atoms with E-state index >= 15 is 0 Å². The van der Waals surface area contributed by atoms with Gasteiger partial charge in [0, 0.05) is 18.0 Å². The molecular weight excluding hydrogens is 302 g/mol. The van der Waals surface area contributed by atoms with Gasteiger partial charge in [0.1, 0.15) is 0 Å². The van der Waals surface area contributed by atoms with E-state index in [1.807, 2.05) is 19.1 Å². The minimum Gasteiger partial charge on any atom is -0.346 e. The molecule has 0 saturated carbocycles. The number of carbonyl (C=O) groups is 1. The third-order valence-corrected chi connectivity index (χ3v) is 4.68. The van der Waals surface area contributed by atoms with Crippen LogP contribution in [0.1, 0.15) is 28.9 Å². The highest BCUT2D eigenvalue weighted by Crippen LogP contribution is 2.13. The second-order valence-corrected chi connectivity index (χ2v) is 6.59. The van der Waals surface area contributed by atoms with E-state index in [2.05, 4.69) is 15.0 Å². The molecule has 1 aromatic carbocycles. The Labute approximate surface area is 129 Å². The smallest absolute Gasteiger partial charge is 0.251 e. The molecule has 1 heterocycles. The molecule has 0 aliphatic rings. The molecule has 2 rings (SSSR count). The van der Waals surface area contributed by atoms with Gasteiger partial charge in [-0.05, 0) is 55.9 Å². The molecule has 0 bridgehead atoms. The van der Waals surface area contributed by atoms with Crippen LogP contribution in [0, 0.1) is 0 Å². The van der Waals surface area contributed by atoms with E-state index in [1.54, 1.807) is 12.4 Å². The van der Waals surface area contributed by atoms with Crippen LogP contribution in [0.4, 0.5) is 0 Å². The molecule has 0 spiro atoms. The Kier molecular flexibility index (Phi) is 4.89. The lowest BCUT2D eigenvalue weighted by atomic mass is 10.1. The molecular formula is C15H17N3O3S. The SMILES string of the molecule is CNS(=O)(=O)c1ccc(C(=O)NC(C)c2ccncc2)cc1. The molecule has 116 valence electrons. The van der Waals surface area contributed by atoms with E-state index in [9.17, 15) is 13.2 Å². The van der Waals surface area contributed by atoms with Crippen molar-refractivity contribution < 1.29 is 13.2 Å². The van der Waals surface area contributed by atoms with Gasteiger partial charge in [-0.1, -0.05) is 0 Å². The second kappa shape index (κ2) is 6.67. The molecule has 0 fully saturated rings. The Morgan fingerprint density at radius 1 is 1.09 bits per heavy atom. The Hall–Kier alpha value is -2.25. The zero-order chi connectivity index (χ0) is 16.2. The van der Waals surface area contributed by atoms with Gasteiger partial charge in [0.2, 0.25) is 10.0 Å². The largest absolute Gasteiger partial charge is 0.346 e. The number of aromatic nitrogens is 1. The molecule has 2 N–H and O–H groups in total. The van der Waals surface area contributed by atoms with Gasteiger partial charge in [0.05, 0.1) is 10.9 Å². The summed E-state index contributed by atoms with van der Waals surface area (Å²) in [4.78, 5) is 16.2. The number of hydrogen-bond acceptors (Lipinski definition) is 4. The fraction of sp³-hybridized carbons (Fsp3) is 0.200. The Morgan fingerprint density at radius 3 is 2.23 bits per heavy atom. The van der Waals surface area contributed by atoms with Gasteiger partial charge >= 0.3 is 0 Å². The van der Waals surface area contributed by atoms with Crippen LogP contribution in [-0.4, -0.2) is 26.4 Å².